The van der Waals surface area contributed by atoms with Gasteiger partial charge >= 0.3 is 0 Å². The summed E-state index contributed by atoms with van der Waals surface area (Å²) in [5, 5.41) is 7.48. The third-order valence-electron chi connectivity index (χ3n) is 6.25. The highest BCUT2D eigenvalue weighted by Gasteiger charge is 2.34. The van der Waals surface area contributed by atoms with E-state index in [0.717, 1.165) is 29.9 Å². The monoisotopic (exact) mass is 363 g/mol. The van der Waals surface area contributed by atoms with E-state index in [9.17, 15) is 0 Å². The summed E-state index contributed by atoms with van der Waals surface area (Å²) in [4.78, 5) is 10.8. The van der Waals surface area contributed by atoms with Crippen LogP contribution in [0.25, 0.3) is 11.0 Å². The number of nitrogens with one attached hydrogen (secondary N) is 3. The molecule has 2 aliphatic heterocycles. The summed E-state index contributed by atoms with van der Waals surface area (Å²) in [6, 6.07) is 9.85. The fourth-order valence-electron chi connectivity index (χ4n) is 4.96. The van der Waals surface area contributed by atoms with Crippen molar-refractivity contribution in [3.8, 4) is 0 Å². The second kappa shape index (κ2) is 7.49. The molecule has 3 aliphatic rings. The van der Waals surface area contributed by atoms with Crippen molar-refractivity contribution < 1.29 is 0 Å². The van der Waals surface area contributed by atoms with Gasteiger partial charge in [-0.05, 0) is 68.6 Å². The Bertz CT molecular complexity index is 812. The lowest BCUT2D eigenvalue weighted by molar-refractivity contribution is 0.197. The summed E-state index contributed by atoms with van der Waals surface area (Å²) >= 11 is 0. The van der Waals surface area contributed by atoms with Crippen LogP contribution in [-0.4, -0.2) is 46.1 Å². The van der Waals surface area contributed by atoms with E-state index in [1.165, 1.54) is 38.6 Å². The number of fused-ring (bicyclic) bond motifs is 2. The third-order valence-corrected chi connectivity index (χ3v) is 6.25. The SMILES string of the molecule is C1=CN(CC2CCCN2)[C@H]2C(=C1)CCCC2NCc1nc2ccccc2[nH]1. The Morgan fingerprint density at radius 2 is 2.15 bits per heavy atom. The van der Waals surface area contributed by atoms with Crippen LogP contribution in [0.3, 0.4) is 0 Å². The maximum atomic E-state index is 4.73. The average Bonchev–Trinajstić information content (AvgIpc) is 3.35. The van der Waals surface area contributed by atoms with Crippen LogP contribution in [0.5, 0.6) is 0 Å². The highest BCUT2D eigenvalue weighted by atomic mass is 15.2. The van der Waals surface area contributed by atoms with Crippen LogP contribution < -0.4 is 10.6 Å². The zero-order chi connectivity index (χ0) is 18.1. The van der Waals surface area contributed by atoms with Crippen LogP contribution in [-0.2, 0) is 6.54 Å². The summed E-state index contributed by atoms with van der Waals surface area (Å²) in [5.41, 5.74) is 3.75. The van der Waals surface area contributed by atoms with Crippen LogP contribution in [0.4, 0.5) is 0 Å². The van der Waals surface area contributed by atoms with Gasteiger partial charge in [0.15, 0.2) is 0 Å². The van der Waals surface area contributed by atoms with Crippen LogP contribution in [0.1, 0.15) is 37.9 Å². The number of aromatic amines is 1. The largest absolute Gasteiger partial charge is 0.368 e. The maximum Gasteiger partial charge on any atom is 0.121 e. The zero-order valence-electron chi connectivity index (χ0n) is 15.8. The lowest BCUT2D eigenvalue weighted by Gasteiger charge is -2.44. The first-order valence-corrected chi connectivity index (χ1v) is 10.4. The van der Waals surface area contributed by atoms with Crippen LogP contribution >= 0.6 is 0 Å². The standard InChI is InChI=1S/C22H29N5/c1-2-10-19-18(9-1)25-21(26-19)14-24-20-11-3-6-16-7-5-13-27(22(16)20)15-17-8-4-12-23-17/h1-2,5,7,9-10,13,17,20,22-24H,3-4,6,8,11-12,14-15H2,(H,25,26)/t17?,20?,22-/m0/s1. The molecule has 0 amide bonds. The summed E-state index contributed by atoms with van der Waals surface area (Å²) in [7, 11) is 0. The van der Waals surface area contributed by atoms with E-state index in [4.69, 9.17) is 4.98 Å². The van der Waals surface area contributed by atoms with E-state index >= 15 is 0 Å². The van der Waals surface area contributed by atoms with Crippen molar-refractivity contribution in [2.24, 2.45) is 0 Å². The number of allylic oxidation sites excluding steroid dienone is 2. The van der Waals surface area contributed by atoms with E-state index in [1.807, 2.05) is 6.07 Å². The van der Waals surface area contributed by atoms with Gasteiger partial charge in [0.1, 0.15) is 5.82 Å². The second-order valence-electron chi connectivity index (χ2n) is 8.10. The second-order valence-corrected chi connectivity index (χ2v) is 8.10. The summed E-state index contributed by atoms with van der Waals surface area (Å²) in [5.74, 6) is 1.03. The number of nitrogens with zero attached hydrogens (tertiary/aromatic N) is 2. The minimum Gasteiger partial charge on any atom is -0.368 e. The summed E-state index contributed by atoms with van der Waals surface area (Å²) < 4.78 is 0. The number of rotatable bonds is 5. The normalized spacial score (nSPS) is 27.8. The third kappa shape index (κ3) is 3.54. The number of hydrogen-bond acceptors (Lipinski definition) is 4. The maximum absolute atomic E-state index is 4.73. The first-order valence-electron chi connectivity index (χ1n) is 10.4. The first-order chi connectivity index (χ1) is 13.4. The molecular formula is C22H29N5. The molecule has 2 unspecified atom stereocenters. The molecule has 142 valence electrons. The lowest BCUT2D eigenvalue weighted by atomic mass is 9.83. The number of benzene rings is 1. The quantitative estimate of drug-likeness (QED) is 0.764. The molecule has 5 heteroatoms. The van der Waals surface area contributed by atoms with Crippen molar-refractivity contribution >= 4 is 11.0 Å². The highest BCUT2D eigenvalue weighted by molar-refractivity contribution is 5.74. The Morgan fingerprint density at radius 3 is 3.04 bits per heavy atom. The van der Waals surface area contributed by atoms with Crippen molar-refractivity contribution in [1.82, 2.24) is 25.5 Å². The lowest BCUT2D eigenvalue weighted by Crippen LogP contribution is -2.54. The molecule has 3 N–H and O–H groups in total. The Kier molecular flexibility index (Phi) is 4.72. The zero-order valence-corrected chi connectivity index (χ0v) is 15.8. The number of H-pyrrole nitrogens is 1. The van der Waals surface area contributed by atoms with Crippen LogP contribution in [0, 0.1) is 0 Å². The van der Waals surface area contributed by atoms with Gasteiger partial charge in [-0.25, -0.2) is 4.98 Å². The number of hydrogen-bond donors (Lipinski definition) is 3. The van der Waals surface area contributed by atoms with Crippen molar-refractivity contribution in [2.75, 3.05) is 13.1 Å². The molecule has 3 atom stereocenters. The molecule has 27 heavy (non-hydrogen) atoms. The van der Waals surface area contributed by atoms with Gasteiger partial charge in [0.05, 0.1) is 23.6 Å². The molecule has 1 aromatic heterocycles. The molecule has 1 saturated heterocycles. The van der Waals surface area contributed by atoms with Crippen molar-refractivity contribution in [3.63, 3.8) is 0 Å². The van der Waals surface area contributed by atoms with Gasteiger partial charge in [0.25, 0.3) is 0 Å². The summed E-state index contributed by atoms with van der Waals surface area (Å²) in [6.45, 7) is 3.08. The Balaban J connectivity index is 1.29. The number of aromatic nitrogens is 2. The van der Waals surface area contributed by atoms with Gasteiger partial charge in [-0.2, -0.15) is 0 Å². The predicted molar refractivity (Wildman–Crippen MR) is 109 cm³/mol. The molecule has 0 spiro atoms. The number of imidazole rings is 1. The van der Waals surface area contributed by atoms with Gasteiger partial charge in [0.2, 0.25) is 0 Å². The van der Waals surface area contributed by atoms with Gasteiger partial charge in [0, 0.05) is 18.6 Å². The smallest absolute Gasteiger partial charge is 0.121 e. The van der Waals surface area contributed by atoms with Crippen LogP contribution in [0.2, 0.25) is 0 Å². The highest BCUT2D eigenvalue weighted by Crippen LogP contribution is 2.31. The molecule has 1 saturated carbocycles. The van der Waals surface area contributed by atoms with E-state index in [1.54, 1.807) is 5.57 Å². The Morgan fingerprint density at radius 1 is 1.19 bits per heavy atom. The number of para-hydroxylation sites is 2. The molecule has 2 fully saturated rings. The topological polar surface area (TPSA) is 56.0 Å². The molecule has 3 heterocycles. The van der Waals surface area contributed by atoms with Gasteiger partial charge in [-0.3, -0.25) is 0 Å². The molecule has 0 radical (unpaired) electrons. The Hall–Kier alpha value is -2.11. The van der Waals surface area contributed by atoms with Crippen molar-refractivity contribution in [2.45, 2.75) is 56.8 Å². The summed E-state index contributed by atoms with van der Waals surface area (Å²) in [6.07, 6.45) is 13.2. The van der Waals surface area contributed by atoms with Gasteiger partial charge in [-0.15, -0.1) is 0 Å². The van der Waals surface area contributed by atoms with E-state index in [-0.39, 0.29) is 0 Å². The molecule has 1 aliphatic carbocycles. The predicted octanol–water partition coefficient (Wildman–Crippen LogP) is 3.08. The van der Waals surface area contributed by atoms with E-state index in [0.29, 0.717) is 18.1 Å². The first kappa shape index (κ1) is 17.0. The minimum absolute atomic E-state index is 0.476. The Labute approximate surface area is 160 Å². The molecule has 2 aromatic rings. The molecular weight excluding hydrogens is 334 g/mol. The van der Waals surface area contributed by atoms with Gasteiger partial charge < -0.3 is 20.5 Å². The van der Waals surface area contributed by atoms with E-state index < -0.39 is 0 Å². The molecule has 5 nitrogen and oxygen atoms in total. The molecule has 1 aromatic carbocycles. The van der Waals surface area contributed by atoms with E-state index in [2.05, 4.69) is 57.1 Å². The van der Waals surface area contributed by atoms with Gasteiger partial charge in [-0.1, -0.05) is 18.2 Å². The molecule has 5 rings (SSSR count). The fourth-order valence-corrected chi connectivity index (χ4v) is 4.96. The van der Waals surface area contributed by atoms with Crippen molar-refractivity contribution in [3.05, 3.63) is 54.0 Å². The van der Waals surface area contributed by atoms with Crippen LogP contribution in [0.15, 0.2) is 48.2 Å². The average molecular weight is 364 g/mol. The fraction of sp³-hybridized carbons (Fsp3) is 0.500. The minimum atomic E-state index is 0.476. The molecule has 0 bridgehead atoms. The van der Waals surface area contributed by atoms with Crippen molar-refractivity contribution in [1.29, 1.82) is 0 Å².